The molecule has 3 fully saturated rings. The van der Waals surface area contributed by atoms with Crippen LogP contribution < -0.4 is 34.7 Å². The number of aromatic amines is 1. The maximum atomic E-state index is 13.9. The molecule has 20 nitrogen and oxygen atoms in total. The predicted octanol–water partition coefficient (Wildman–Crippen LogP) is 6.41. The van der Waals surface area contributed by atoms with E-state index in [-0.39, 0.29) is 69.7 Å². The number of anilines is 7. The van der Waals surface area contributed by atoms with Gasteiger partial charge in [-0.3, -0.25) is 14.5 Å². The van der Waals surface area contributed by atoms with E-state index in [0.29, 0.717) is 54.0 Å². The highest BCUT2D eigenvalue weighted by atomic mass is 32.2. The van der Waals surface area contributed by atoms with Crippen LogP contribution in [0.4, 0.5) is 40.2 Å². The van der Waals surface area contributed by atoms with E-state index in [9.17, 15) is 33.0 Å². The quantitative estimate of drug-likeness (QED) is 0.104. The molecule has 388 valence electrons. The highest BCUT2D eigenvalue weighted by Gasteiger charge is 2.37. The third-order valence-electron chi connectivity index (χ3n) is 14.8. The maximum Gasteiger partial charge on any atom is 0.348 e. The van der Waals surface area contributed by atoms with Crippen molar-refractivity contribution in [3.8, 4) is 34.3 Å². The molecule has 0 aliphatic carbocycles. The van der Waals surface area contributed by atoms with Gasteiger partial charge in [-0.15, -0.1) is 0 Å². The largest absolute Gasteiger partial charge is 0.508 e. The number of nitrogens with one attached hydrogen (secondary N) is 2. The van der Waals surface area contributed by atoms with Gasteiger partial charge in [0.25, 0.3) is 5.91 Å². The Balaban J connectivity index is 0.716. The molecule has 4 N–H and O–H groups in total. The molecule has 21 heteroatoms. The van der Waals surface area contributed by atoms with E-state index < -0.39 is 15.7 Å². The number of phenols is 2. The number of fused-ring (bicyclic) bond motifs is 2. The average molecular weight is 1030 g/mol. The van der Waals surface area contributed by atoms with Crippen molar-refractivity contribution in [3.63, 3.8) is 0 Å². The van der Waals surface area contributed by atoms with E-state index in [0.717, 1.165) is 86.9 Å². The van der Waals surface area contributed by atoms with Crippen LogP contribution in [0.1, 0.15) is 68.3 Å². The molecule has 4 aromatic carbocycles. The van der Waals surface area contributed by atoms with E-state index in [1.165, 1.54) is 21.7 Å². The number of aromatic nitrogens is 5. The van der Waals surface area contributed by atoms with Crippen molar-refractivity contribution in [1.82, 2.24) is 34.5 Å². The zero-order valence-corrected chi connectivity index (χ0v) is 43.0. The number of hydrogen-bond donors (Lipinski definition) is 4. The first-order valence-corrected chi connectivity index (χ1v) is 27.1. The molecule has 0 unspecified atom stereocenters. The number of para-hydroxylation sites is 1. The first kappa shape index (κ1) is 49.9. The van der Waals surface area contributed by atoms with Crippen LogP contribution in [0.25, 0.3) is 17.1 Å². The van der Waals surface area contributed by atoms with Gasteiger partial charge in [-0.2, -0.15) is 10.1 Å². The molecule has 74 heavy (non-hydrogen) atoms. The van der Waals surface area contributed by atoms with Gasteiger partial charge in [-0.25, -0.2) is 32.2 Å². The summed E-state index contributed by atoms with van der Waals surface area (Å²) >= 11 is 0. The number of aromatic hydroxyl groups is 2. The minimum absolute atomic E-state index is 0.00692. The van der Waals surface area contributed by atoms with Crippen LogP contribution >= 0.6 is 0 Å². The summed E-state index contributed by atoms with van der Waals surface area (Å²) in [4.78, 5) is 60.1. The van der Waals surface area contributed by atoms with E-state index >= 15 is 0 Å². The Morgan fingerprint density at radius 3 is 2.18 bits per heavy atom. The highest BCUT2D eigenvalue weighted by molar-refractivity contribution is 7.92. The summed E-state index contributed by atoms with van der Waals surface area (Å²) in [6, 6.07) is 23.5. The van der Waals surface area contributed by atoms with E-state index in [2.05, 4.69) is 45.1 Å². The van der Waals surface area contributed by atoms with E-state index in [1.807, 2.05) is 63.2 Å². The molecule has 6 aromatic rings. The van der Waals surface area contributed by atoms with Crippen molar-refractivity contribution in [2.75, 3.05) is 96.6 Å². The third kappa shape index (κ3) is 9.68. The molecule has 0 atom stereocenters. The van der Waals surface area contributed by atoms with Gasteiger partial charge in [0, 0.05) is 94.9 Å². The van der Waals surface area contributed by atoms with Crippen molar-refractivity contribution >= 4 is 62.0 Å². The fourth-order valence-corrected chi connectivity index (χ4v) is 11.8. The number of piperazine rings is 1. The molecule has 0 saturated carbocycles. The zero-order chi connectivity index (χ0) is 52.0. The van der Waals surface area contributed by atoms with Crippen LogP contribution in [-0.4, -0.2) is 143 Å². The van der Waals surface area contributed by atoms with Crippen molar-refractivity contribution in [1.29, 1.82) is 0 Å². The van der Waals surface area contributed by atoms with Gasteiger partial charge in [-0.1, -0.05) is 26.0 Å². The highest BCUT2D eigenvalue weighted by Crippen LogP contribution is 2.42. The van der Waals surface area contributed by atoms with Crippen molar-refractivity contribution in [2.24, 2.45) is 5.92 Å². The lowest BCUT2D eigenvalue weighted by atomic mass is 9.93. The number of nitrogens with zero attached hydrogens (tertiary/aromatic N) is 10. The molecule has 2 aromatic heterocycles. The number of carbonyl (C=O) groups is 2. The molecule has 2 amide bonds. The molecular formula is C53H62N12O8S. The van der Waals surface area contributed by atoms with Gasteiger partial charge in [0.2, 0.25) is 21.9 Å². The van der Waals surface area contributed by atoms with E-state index in [1.54, 1.807) is 37.4 Å². The topological polar surface area (TPSA) is 226 Å². The fourth-order valence-electron chi connectivity index (χ4n) is 10.8. The van der Waals surface area contributed by atoms with Crippen molar-refractivity contribution in [3.05, 3.63) is 107 Å². The molecule has 0 spiro atoms. The Hall–Kier alpha value is -7.65. The number of phenolic OH excluding ortho intramolecular Hbond substituents is 2. The molecular weight excluding hydrogens is 965 g/mol. The molecule has 4 aliphatic rings. The summed E-state index contributed by atoms with van der Waals surface area (Å²) in [5, 5.41) is 31.1. The van der Waals surface area contributed by atoms with Crippen LogP contribution in [0, 0.1) is 5.92 Å². The Labute approximate surface area is 429 Å². The summed E-state index contributed by atoms with van der Waals surface area (Å²) < 4.78 is 35.1. The second-order valence-electron chi connectivity index (χ2n) is 19.7. The number of H-pyrrole nitrogens is 1. The number of likely N-dealkylation sites (tertiary alicyclic amines) is 1. The Morgan fingerprint density at radius 2 is 1.49 bits per heavy atom. The minimum Gasteiger partial charge on any atom is -0.508 e. The summed E-state index contributed by atoms with van der Waals surface area (Å²) in [6.07, 6.45) is 5.87. The molecule has 4 aliphatic heterocycles. The van der Waals surface area contributed by atoms with Gasteiger partial charge in [0.05, 0.1) is 47.2 Å². The third-order valence-corrected chi connectivity index (χ3v) is 15.8. The monoisotopic (exact) mass is 1030 g/mol. The molecule has 0 bridgehead atoms. The van der Waals surface area contributed by atoms with Crippen LogP contribution in [0.2, 0.25) is 0 Å². The van der Waals surface area contributed by atoms with Crippen LogP contribution in [0.5, 0.6) is 17.2 Å². The molecule has 3 saturated heterocycles. The first-order chi connectivity index (χ1) is 35.6. The molecule has 10 rings (SSSR count). The summed E-state index contributed by atoms with van der Waals surface area (Å²) in [5.74, 6) is 0.611. The zero-order valence-electron chi connectivity index (χ0n) is 42.2. The Kier molecular flexibility index (Phi) is 13.7. The average Bonchev–Trinajstić information content (AvgIpc) is 3.75. The summed E-state index contributed by atoms with van der Waals surface area (Å²) in [7, 11) is -2.37. The second kappa shape index (κ2) is 20.3. The number of piperidine rings is 2. The van der Waals surface area contributed by atoms with Gasteiger partial charge in [0.1, 0.15) is 22.9 Å². The molecule has 0 radical (unpaired) electrons. The molecule has 6 heterocycles. The van der Waals surface area contributed by atoms with Crippen LogP contribution in [-0.2, 0) is 14.8 Å². The number of benzene rings is 4. The Bertz CT molecular complexity index is 3250. The lowest BCUT2D eigenvalue weighted by Gasteiger charge is -2.44. The van der Waals surface area contributed by atoms with Gasteiger partial charge < -0.3 is 39.9 Å². The summed E-state index contributed by atoms with van der Waals surface area (Å²) in [5.41, 5.74) is 4.42. The van der Waals surface area contributed by atoms with E-state index in [4.69, 9.17) is 4.74 Å². The number of rotatable bonds is 12. The number of hydrogen-bond acceptors (Lipinski definition) is 15. The maximum absolute atomic E-state index is 13.9. The number of carbonyl (C=O) groups excluding carboxylic acids is 2. The normalized spacial score (nSPS) is 17.1. The first-order valence-electron chi connectivity index (χ1n) is 25.2. The predicted molar refractivity (Wildman–Crippen MR) is 284 cm³/mol. The lowest BCUT2D eigenvalue weighted by molar-refractivity contribution is -0.137. The number of amides is 2. The number of ether oxygens (including phenoxy) is 1. The Morgan fingerprint density at radius 1 is 0.811 bits per heavy atom. The smallest absolute Gasteiger partial charge is 0.348 e. The fraction of sp³-hybridized carbons (Fsp3) is 0.396. The minimum atomic E-state index is -3.93. The second-order valence-corrected chi connectivity index (χ2v) is 21.5. The van der Waals surface area contributed by atoms with Gasteiger partial charge in [0.15, 0.2) is 11.6 Å². The van der Waals surface area contributed by atoms with Crippen molar-refractivity contribution in [2.45, 2.75) is 58.4 Å². The van der Waals surface area contributed by atoms with Gasteiger partial charge in [-0.05, 0) is 98.7 Å². The van der Waals surface area contributed by atoms with Gasteiger partial charge >= 0.3 is 5.69 Å². The standard InChI is InChI=1S/C53H62N12O8S/c1-6-73-47-29-38(15-16-42(47)55-52-54-32-44-49(56-52)65(74(5,71)72)43-10-8-7-9-39(43)51(69)59(44)4)60-21-17-34(18-22-60)50(68)63-23-19-36(20-24-63)62-27-25-61(26-28-62)35-11-13-37(14-12-35)64-48(57-58-53(64)70)41-30-40(33(2)3)45(66)31-46(41)67/h7-16,29-34,36,66-67H,6,17-28H2,1-5H3,(H,58,70)(H,54,55,56). The SMILES string of the molecule is CCOc1cc(N2CCC(C(=O)N3CCC(N4CCN(c5ccc(-n6c(-c7cc(C(C)C)c(O)cc7O)n[nH]c6=O)cc5)CC4)CC3)CC2)ccc1Nc1ncc2c(n1)N(S(C)(=O)=O)c1ccccc1C(=O)N2C. The van der Waals surface area contributed by atoms with Crippen molar-refractivity contribution < 1.29 is 33.0 Å². The summed E-state index contributed by atoms with van der Waals surface area (Å²) in [6.45, 7) is 12.6. The number of sulfonamides is 1. The van der Waals surface area contributed by atoms with Crippen LogP contribution in [0.3, 0.4) is 0 Å². The van der Waals surface area contributed by atoms with Crippen LogP contribution in [0.15, 0.2) is 89.9 Å². The lowest BCUT2D eigenvalue weighted by Crippen LogP contribution is -2.54.